The first-order valence-electron chi connectivity index (χ1n) is 5.44. The molecule has 3 nitrogen and oxygen atoms in total. The van der Waals surface area contributed by atoms with Crippen LogP contribution in [0.25, 0.3) is 0 Å². The largest absolute Gasteiger partial charge is 0.349 e. The van der Waals surface area contributed by atoms with Gasteiger partial charge in [0.15, 0.2) is 6.29 Å². The number of thioether (sulfide) groups is 1. The molecule has 1 aromatic carbocycles. The summed E-state index contributed by atoms with van der Waals surface area (Å²) in [5, 5.41) is 2.89. The fraction of sp³-hybridized carbons (Fsp3) is 0.385. The second kappa shape index (κ2) is 6.45. The molecule has 1 aromatic rings. The molecule has 0 radical (unpaired) electrons. The van der Waals surface area contributed by atoms with Crippen LogP contribution in [0.2, 0.25) is 0 Å². The lowest BCUT2D eigenvalue weighted by molar-refractivity contribution is 0.0938. The van der Waals surface area contributed by atoms with Crippen LogP contribution in [0.15, 0.2) is 18.2 Å². The summed E-state index contributed by atoms with van der Waals surface area (Å²) >= 11 is 1.68. The Balaban J connectivity index is 2.92. The number of carbonyl (C=O) groups excluding carboxylic acids is 2. The fourth-order valence-electron chi connectivity index (χ4n) is 1.69. The van der Waals surface area contributed by atoms with Crippen molar-refractivity contribution < 1.29 is 9.59 Å². The van der Waals surface area contributed by atoms with E-state index in [0.29, 0.717) is 11.1 Å². The van der Waals surface area contributed by atoms with Gasteiger partial charge in [0.1, 0.15) is 0 Å². The monoisotopic (exact) mass is 251 g/mol. The van der Waals surface area contributed by atoms with Crippen molar-refractivity contribution in [2.24, 2.45) is 0 Å². The fourth-order valence-corrected chi connectivity index (χ4v) is 2.27. The maximum Gasteiger partial charge on any atom is 0.252 e. The van der Waals surface area contributed by atoms with E-state index in [1.165, 1.54) is 0 Å². The molecule has 17 heavy (non-hydrogen) atoms. The van der Waals surface area contributed by atoms with Gasteiger partial charge in [-0.3, -0.25) is 9.59 Å². The highest BCUT2D eigenvalue weighted by Gasteiger charge is 2.15. The molecule has 4 heteroatoms. The van der Waals surface area contributed by atoms with Crippen molar-refractivity contribution in [3.63, 3.8) is 0 Å². The smallest absolute Gasteiger partial charge is 0.252 e. The Kier molecular flexibility index (Phi) is 5.22. The van der Waals surface area contributed by atoms with Crippen molar-refractivity contribution in [3.05, 3.63) is 34.9 Å². The van der Waals surface area contributed by atoms with Crippen LogP contribution in [0.5, 0.6) is 0 Å². The zero-order valence-corrected chi connectivity index (χ0v) is 11.1. The van der Waals surface area contributed by atoms with Gasteiger partial charge in [0.2, 0.25) is 0 Å². The molecule has 0 aliphatic rings. The molecule has 0 aliphatic carbocycles. The zero-order valence-electron chi connectivity index (χ0n) is 10.3. The number of carbonyl (C=O) groups is 2. The minimum Gasteiger partial charge on any atom is -0.349 e. The summed E-state index contributed by atoms with van der Waals surface area (Å²) in [5.41, 5.74) is 1.75. The number of aryl methyl sites for hydroxylation is 1. The standard InChI is InChI=1S/C13H17NO2S/c1-9-5-4-6-11(7-15)12(9)13(16)14-10(2)8-17-3/h4-7,10H,8H2,1-3H3,(H,14,16). The van der Waals surface area contributed by atoms with E-state index in [1.54, 1.807) is 23.9 Å². The highest BCUT2D eigenvalue weighted by molar-refractivity contribution is 7.98. The molecule has 1 N–H and O–H groups in total. The quantitative estimate of drug-likeness (QED) is 0.817. The molecule has 1 unspecified atom stereocenters. The third-order valence-corrected chi connectivity index (χ3v) is 3.29. The van der Waals surface area contributed by atoms with E-state index in [-0.39, 0.29) is 11.9 Å². The van der Waals surface area contributed by atoms with Gasteiger partial charge in [0.05, 0.1) is 5.56 Å². The van der Waals surface area contributed by atoms with Crippen molar-refractivity contribution in [2.45, 2.75) is 19.9 Å². The van der Waals surface area contributed by atoms with E-state index >= 15 is 0 Å². The van der Waals surface area contributed by atoms with Crippen LogP contribution in [-0.2, 0) is 0 Å². The maximum absolute atomic E-state index is 12.1. The van der Waals surface area contributed by atoms with Gasteiger partial charge in [-0.2, -0.15) is 11.8 Å². The molecule has 1 rings (SSSR count). The lowest BCUT2D eigenvalue weighted by atomic mass is 10.0. The van der Waals surface area contributed by atoms with Gasteiger partial charge in [-0.1, -0.05) is 18.2 Å². The molecular weight excluding hydrogens is 234 g/mol. The van der Waals surface area contributed by atoms with Crippen molar-refractivity contribution in [1.82, 2.24) is 5.32 Å². The van der Waals surface area contributed by atoms with Gasteiger partial charge in [0.25, 0.3) is 5.91 Å². The van der Waals surface area contributed by atoms with Crippen LogP contribution in [0.3, 0.4) is 0 Å². The normalized spacial score (nSPS) is 11.9. The van der Waals surface area contributed by atoms with Crippen LogP contribution in [-0.4, -0.2) is 30.2 Å². The highest BCUT2D eigenvalue weighted by Crippen LogP contribution is 2.13. The number of aldehydes is 1. The molecule has 0 aliphatic heterocycles. The van der Waals surface area contributed by atoms with Crippen molar-refractivity contribution >= 4 is 24.0 Å². The summed E-state index contributed by atoms with van der Waals surface area (Å²) in [5.74, 6) is 0.681. The van der Waals surface area contributed by atoms with Gasteiger partial charge in [-0.25, -0.2) is 0 Å². The van der Waals surface area contributed by atoms with Crippen LogP contribution in [0.4, 0.5) is 0 Å². The topological polar surface area (TPSA) is 46.2 Å². The van der Waals surface area contributed by atoms with E-state index in [0.717, 1.165) is 17.6 Å². The molecule has 0 saturated heterocycles. The summed E-state index contributed by atoms with van der Waals surface area (Å²) in [6.07, 6.45) is 2.72. The van der Waals surface area contributed by atoms with Gasteiger partial charge < -0.3 is 5.32 Å². The van der Waals surface area contributed by atoms with E-state index in [2.05, 4.69) is 5.32 Å². The van der Waals surface area contributed by atoms with Gasteiger partial charge >= 0.3 is 0 Å². The van der Waals surface area contributed by atoms with E-state index in [4.69, 9.17) is 0 Å². The van der Waals surface area contributed by atoms with Crippen molar-refractivity contribution in [1.29, 1.82) is 0 Å². The number of benzene rings is 1. The molecule has 92 valence electrons. The van der Waals surface area contributed by atoms with Crippen LogP contribution in [0, 0.1) is 6.92 Å². The predicted octanol–water partition coefficient (Wildman–Crippen LogP) is 2.29. The lowest BCUT2D eigenvalue weighted by Gasteiger charge is -2.14. The summed E-state index contributed by atoms with van der Waals surface area (Å²) in [7, 11) is 0. The first-order chi connectivity index (χ1) is 8.10. The zero-order chi connectivity index (χ0) is 12.8. The minimum atomic E-state index is -0.174. The van der Waals surface area contributed by atoms with Gasteiger partial charge in [0, 0.05) is 17.4 Å². The summed E-state index contributed by atoms with van der Waals surface area (Å²) in [6, 6.07) is 5.37. The van der Waals surface area contributed by atoms with Crippen molar-refractivity contribution in [2.75, 3.05) is 12.0 Å². The van der Waals surface area contributed by atoms with Gasteiger partial charge in [-0.05, 0) is 25.7 Å². The van der Waals surface area contributed by atoms with Crippen LogP contribution in [0.1, 0.15) is 33.2 Å². The van der Waals surface area contributed by atoms with E-state index < -0.39 is 0 Å². The number of nitrogens with one attached hydrogen (secondary N) is 1. The molecule has 0 fully saturated rings. The van der Waals surface area contributed by atoms with Crippen molar-refractivity contribution in [3.8, 4) is 0 Å². The van der Waals surface area contributed by atoms with Crippen LogP contribution < -0.4 is 5.32 Å². The third-order valence-electron chi connectivity index (χ3n) is 2.45. The Labute approximate surface area is 106 Å². The second-order valence-corrected chi connectivity index (χ2v) is 4.90. The summed E-state index contributed by atoms with van der Waals surface area (Å²) < 4.78 is 0. The molecule has 0 spiro atoms. The van der Waals surface area contributed by atoms with E-state index in [1.807, 2.05) is 26.2 Å². The number of amides is 1. The predicted molar refractivity (Wildman–Crippen MR) is 71.9 cm³/mol. The van der Waals surface area contributed by atoms with Gasteiger partial charge in [-0.15, -0.1) is 0 Å². The first kappa shape index (κ1) is 13.8. The molecule has 1 atom stereocenters. The third kappa shape index (κ3) is 3.60. The average Bonchev–Trinajstić information content (AvgIpc) is 2.28. The Morgan fingerprint density at radius 2 is 2.24 bits per heavy atom. The number of hydrogen-bond donors (Lipinski definition) is 1. The Morgan fingerprint density at radius 1 is 1.53 bits per heavy atom. The number of rotatable bonds is 5. The molecule has 0 saturated carbocycles. The molecular formula is C13H17NO2S. The summed E-state index contributed by atoms with van der Waals surface area (Å²) in [6.45, 7) is 3.79. The second-order valence-electron chi connectivity index (χ2n) is 3.99. The average molecular weight is 251 g/mol. The SMILES string of the molecule is CSCC(C)NC(=O)c1c(C)cccc1C=O. The van der Waals surface area contributed by atoms with Crippen LogP contribution >= 0.6 is 11.8 Å². The summed E-state index contributed by atoms with van der Waals surface area (Å²) in [4.78, 5) is 23.0. The maximum atomic E-state index is 12.1. The van der Waals surface area contributed by atoms with E-state index in [9.17, 15) is 9.59 Å². The Hall–Kier alpha value is -1.29. The first-order valence-corrected chi connectivity index (χ1v) is 6.84. The number of hydrogen-bond acceptors (Lipinski definition) is 3. The Bertz CT molecular complexity index is 418. The Morgan fingerprint density at radius 3 is 2.82 bits per heavy atom. The lowest BCUT2D eigenvalue weighted by Crippen LogP contribution is -2.35. The molecule has 0 aromatic heterocycles. The minimum absolute atomic E-state index is 0.0941. The highest BCUT2D eigenvalue weighted by atomic mass is 32.2. The molecule has 1 amide bonds. The molecule has 0 heterocycles. The molecule has 0 bridgehead atoms.